The topological polar surface area (TPSA) is 76.5 Å². The van der Waals surface area contributed by atoms with Crippen molar-refractivity contribution in [2.24, 2.45) is 0 Å². The van der Waals surface area contributed by atoms with Crippen LogP contribution in [0.15, 0.2) is 53.1 Å². The summed E-state index contributed by atoms with van der Waals surface area (Å²) in [5.74, 6) is -0.333. The average Bonchev–Trinajstić information content (AvgIpc) is 2.74. The second kappa shape index (κ2) is 9.32. The molecule has 1 fully saturated rings. The number of rotatable bonds is 7. The molecular weight excluding hydrogens is 356 g/mol. The molecule has 0 aliphatic carbocycles. The van der Waals surface area contributed by atoms with E-state index in [0.717, 1.165) is 44.1 Å². The molecule has 28 heavy (non-hydrogen) atoms. The third-order valence-electron chi connectivity index (χ3n) is 4.64. The normalized spacial score (nSPS) is 14.8. The van der Waals surface area contributed by atoms with Crippen LogP contribution in [0.3, 0.4) is 0 Å². The van der Waals surface area contributed by atoms with Crippen LogP contribution in [-0.4, -0.2) is 48.9 Å². The molecule has 2 heterocycles. The molecule has 0 atom stereocenters. The van der Waals surface area contributed by atoms with Crippen molar-refractivity contribution in [1.82, 2.24) is 15.1 Å². The summed E-state index contributed by atoms with van der Waals surface area (Å²) in [4.78, 5) is 27.3. The van der Waals surface area contributed by atoms with E-state index in [2.05, 4.69) is 15.3 Å². The van der Waals surface area contributed by atoms with Gasteiger partial charge in [0.1, 0.15) is 0 Å². The van der Waals surface area contributed by atoms with Crippen molar-refractivity contribution in [3.05, 3.63) is 64.2 Å². The molecular formula is C21H26N4O3. The van der Waals surface area contributed by atoms with Crippen LogP contribution in [0.5, 0.6) is 0 Å². The zero-order chi connectivity index (χ0) is 19.9. The zero-order valence-corrected chi connectivity index (χ0v) is 16.4. The number of hydrogen-bond acceptors (Lipinski definition) is 6. The molecule has 0 radical (unpaired) electrons. The molecule has 1 aromatic heterocycles. The van der Waals surface area contributed by atoms with Crippen LogP contribution in [0, 0.1) is 0 Å². The maximum atomic E-state index is 12.8. The fourth-order valence-electron chi connectivity index (χ4n) is 3.19. The van der Waals surface area contributed by atoms with Crippen LogP contribution >= 0.6 is 0 Å². The Balaban J connectivity index is 1.87. The van der Waals surface area contributed by atoms with E-state index >= 15 is 0 Å². The number of nitrogens with one attached hydrogen (secondary N) is 1. The van der Waals surface area contributed by atoms with Crippen molar-refractivity contribution in [3.63, 3.8) is 0 Å². The minimum atomic E-state index is -0.371. The SMILES string of the molecule is CCC/C(=C\NC)C(=O)c1nn(-c2ccc(N3CCOCC3)cc2)ccc1=O. The number of benzene rings is 1. The Hall–Kier alpha value is -2.93. The fourth-order valence-corrected chi connectivity index (χ4v) is 3.19. The summed E-state index contributed by atoms with van der Waals surface area (Å²) in [6, 6.07) is 9.30. The number of carbonyl (C=O) groups excluding carboxylic acids is 1. The molecule has 1 aliphatic rings. The van der Waals surface area contributed by atoms with E-state index in [0.29, 0.717) is 12.0 Å². The molecule has 3 rings (SSSR count). The highest BCUT2D eigenvalue weighted by Gasteiger charge is 2.18. The minimum Gasteiger partial charge on any atom is -0.394 e. The molecule has 2 aromatic rings. The number of nitrogens with zero attached hydrogens (tertiary/aromatic N) is 3. The summed E-state index contributed by atoms with van der Waals surface area (Å²) in [5, 5.41) is 7.20. The molecule has 0 bridgehead atoms. The van der Waals surface area contributed by atoms with Crippen molar-refractivity contribution in [3.8, 4) is 5.69 Å². The number of hydrogen-bond donors (Lipinski definition) is 1. The number of aromatic nitrogens is 2. The molecule has 0 saturated carbocycles. The van der Waals surface area contributed by atoms with Gasteiger partial charge in [-0.1, -0.05) is 13.3 Å². The number of carbonyl (C=O) groups is 1. The molecule has 0 unspecified atom stereocenters. The Bertz CT molecular complexity index is 897. The Labute approximate surface area is 164 Å². The standard InChI is InChI=1S/C21H26N4O3/c1-3-4-16(15-22-2)21(27)20-19(26)9-10-25(23-20)18-7-5-17(6-8-18)24-11-13-28-14-12-24/h5-10,15,22H,3-4,11-14H2,1-2H3/b16-15+. The van der Waals surface area contributed by atoms with E-state index < -0.39 is 0 Å². The first-order valence-corrected chi connectivity index (χ1v) is 9.58. The van der Waals surface area contributed by atoms with Gasteiger partial charge in [0.25, 0.3) is 0 Å². The lowest BCUT2D eigenvalue weighted by Gasteiger charge is -2.28. The van der Waals surface area contributed by atoms with Gasteiger partial charge in [0.2, 0.25) is 11.2 Å². The van der Waals surface area contributed by atoms with Crippen LogP contribution in [0.1, 0.15) is 30.3 Å². The van der Waals surface area contributed by atoms with Gasteiger partial charge < -0.3 is 15.0 Å². The largest absolute Gasteiger partial charge is 0.394 e. The molecule has 148 valence electrons. The quantitative estimate of drug-likeness (QED) is 0.584. The lowest BCUT2D eigenvalue weighted by molar-refractivity contribution is 0.102. The number of ketones is 1. The summed E-state index contributed by atoms with van der Waals surface area (Å²) >= 11 is 0. The van der Waals surface area contributed by atoms with E-state index in [4.69, 9.17) is 4.74 Å². The predicted octanol–water partition coefficient (Wildman–Crippen LogP) is 2.16. The number of allylic oxidation sites excluding steroid dienone is 1. The maximum absolute atomic E-state index is 12.8. The molecule has 1 aromatic carbocycles. The summed E-state index contributed by atoms with van der Waals surface area (Å²) in [6.07, 6.45) is 4.62. The number of morpholine rings is 1. The second-order valence-electron chi connectivity index (χ2n) is 6.63. The molecule has 0 amide bonds. The first-order valence-electron chi connectivity index (χ1n) is 9.58. The van der Waals surface area contributed by atoms with Gasteiger partial charge in [0, 0.05) is 49.9 Å². The van der Waals surface area contributed by atoms with E-state index in [1.807, 2.05) is 31.2 Å². The highest BCUT2D eigenvalue weighted by atomic mass is 16.5. The predicted molar refractivity (Wildman–Crippen MR) is 109 cm³/mol. The smallest absolute Gasteiger partial charge is 0.214 e. The monoisotopic (exact) mass is 382 g/mol. The van der Waals surface area contributed by atoms with E-state index in [-0.39, 0.29) is 16.9 Å². The molecule has 0 spiro atoms. The van der Waals surface area contributed by atoms with E-state index in [9.17, 15) is 9.59 Å². The minimum absolute atomic E-state index is 0.0605. The summed E-state index contributed by atoms with van der Waals surface area (Å²) in [6.45, 7) is 5.19. The Morgan fingerprint density at radius 1 is 1.18 bits per heavy atom. The van der Waals surface area contributed by atoms with Gasteiger partial charge in [0.05, 0.1) is 18.9 Å². The molecule has 1 saturated heterocycles. The first-order chi connectivity index (χ1) is 13.6. The number of Topliss-reactive ketones (excluding diaryl/α,β-unsaturated/α-hetero) is 1. The van der Waals surface area contributed by atoms with Crippen LogP contribution < -0.4 is 15.6 Å². The highest BCUT2D eigenvalue weighted by Crippen LogP contribution is 2.18. The first kappa shape index (κ1) is 19.8. The molecule has 7 nitrogen and oxygen atoms in total. The fraction of sp³-hybridized carbons (Fsp3) is 0.381. The van der Waals surface area contributed by atoms with Crippen LogP contribution in [-0.2, 0) is 4.74 Å². The Kier molecular flexibility index (Phi) is 6.60. The van der Waals surface area contributed by atoms with Gasteiger partial charge in [0.15, 0.2) is 5.69 Å². The third kappa shape index (κ3) is 4.48. The van der Waals surface area contributed by atoms with Gasteiger partial charge in [-0.15, -0.1) is 0 Å². The van der Waals surface area contributed by atoms with E-state index in [1.165, 1.54) is 6.07 Å². The second-order valence-corrected chi connectivity index (χ2v) is 6.63. The van der Waals surface area contributed by atoms with Gasteiger partial charge in [-0.05, 0) is 30.7 Å². The maximum Gasteiger partial charge on any atom is 0.214 e. The van der Waals surface area contributed by atoms with Crippen LogP contribution in [0.25, 0.3) is 5.69 Å². The van der Waals surface area contributed by atoms with Crippen molar-refractivity contribution in [2.45, 2.75) is 19.8 Å². The van der Waals surface area contributed by atoms with Crippen molar-refractivity contribution < 1.29 is 9.53 Å². The highest BCUT2D eigenvalue weighted by molar-refractivity contribution is 6.07. The Morgan fingerprint density at radius 3 is 2.50 bits per heavy atom. The van der Waals surface area contributed by atoms with E-state index in [1.54, 1.807) is 24.1 Å². The number of ether oxygens (including phenoxy) is 1. The summed E-state index contributed by atoms with van der Waals surface area (Å²) < 4.78 is 6.96. The summed E-state index contributed by atoms with van der Waals surface area (Å²) in [7, 11) is 1.73. The Morgan fingerprint density at radius 2 is 1.86 bits per heavy atom. The lowest BCUT2D eigenvalue weighted by atomic mass is 10.0. The molecule has 1 aliphatic heterocycles. The zero-order valence-electron chi connectivity index (χ0n) is 16.4. The summed E-state index contributed by atoms with van der Waals surface area (Å²) in [5.41, 5.74) is 2.03. The van der Waals surface area contributed by atoms with Crippen molar-refractivity contribution in [1.29, 1.82) is 0 Å². The lowest BCUT2D eigenvalue weighted by Crippen LogP contribution is -2.36. The molecule has 7 heteroatoms. The van der Waals surface area contributed by atoms with Gasteiger partial charge >= 0.3 is 0 Å². The van der Waals surface area contributed by atoms with Crippen LogP contribution in [0.4, 0.5) is 5.69 Å². The van der Waals surface area contributed by atoms with Gasteiger partial charge in [-0.2, -0.15) is 5.10 Å². The van der Waals surface area contributed by atoms with Gasteiger partial charge in [-0.3, -0.25) is 9.59 Å². The average molecular weight is 382 g/mol. The van der Waals surface area contributed by atoms with Crippen molar-refractivity contribution >= 4 is 11.5 Å². The molecule has 1 N–H and O–H groups in total. The van der Waals surface area contributed by atoms with Gasteiger partial charge in [-0.25, -0.2) is 4.68 Å². The third-order valence-corrected chi connectivity index (χ3v) is 4.64. The van der Waals surface area contributed by atoms with Crippen LogP contribution in [0.2, 0.25) is 0 Å². The van der Waals surface area contributed by atoms with Crippen molar-refractivity contribution in [2.75, 3.05) is 38.3 Å². The number of anilines is 1.